The highest BCUT2D eigenvalue weighted by Crippen LogP contribution is 2.27. The van der Waals surface area contributed by atoms with E-state index in [1.807, 2.05) is 6.07 Å². The molecule has 0 saturated carbocycles. The molecule has 2 aromatic heterocycles. The Bertz CT molecular complexity index is 659. The Hall–Kier alpha value is -1.08. The fourth-order valence-electron chi connectivity index (χ4n) is 1.57. The number of hydrogen-bond donors (Lipinski definition) is 2. The molecule has 0 saturated heterocycles. The molecule has 0 unspecified atom stereocenters. The summed E-state index contributed by atoms with van der Waals surface area (Å²) in [6.45, 7) is 0. The third-order valence-electron chi connectivity index (χ3n) is 2.31. The number of halogens is 1. The van der Waals surface area contributed by atoms with Crippen LogP contribution in [0.25, 0.3) is 22.4 Å². The van der Waals surface area contributed by atoms with E-state index in [4.69, 9.17) is 0 Å². The molecule has 0 radical (unpaired) electrons. The molecule has 0 atom stereocenters. The van der Waals surface area contributed by atoms with E-state index in [1.54, 1.807) is 23.5 Å². The highest BCUT2D eigenvalue weighted by Gasteiger charge is 2.07. The van der Waals surface area contributed by atoms with Crippen molar-refractivity contribution in [2.45, 2.75) is 0 Å². The Balaban J connectivity index is 2.18. The number of aromatic hydroxyl groups is 1. The van der Waals surface area contributed by atoms with Crippen molar-refractivity contribution in [2.24, 2.45) is 0 Å². The van der Waals surface area contributed by atoms with Gasteiger partial charge in [-0.1, -0.05) is 0 Å². The quantitative estimate of drug-likeness (QED) is 0.664. The van der Waals surface area contributed by atoms with Crippen LogP contribution in [-0.2, 0) is 0 Å². The average Bonchev–Trinajstić information content (AvgIpc) is 2.83. The summed E-state index contributed by atoms with van der Waals surface area (Å²) >= 11 is 3.98. The van der Waals surface area contributed by atoms with Crippen LogP contribution in [0.15, 0.2) is 29.6 Å². The summed E-state index contributed by atoms with van der Waals surface area (Å²) in [6, 6.07) is 7.22. The van der Waals surface area contributed by atoms with Gasteiger partial charge < -0.3 is 10.1 Å². The van der Waals surface area contributed by atoms with Crippen molar-refractivity contribution in [1.29, 1.82) is 0 Å². The first kappa shape index (κ1) is 10.1. The van der Waals surface area contributed by atoms with E-state index < -0.39 is 0 Å². The van der Waals surface area contributed by atoms with Crippen molar-refractivity contribution in [3.05, 3.63) is 32.5 Å². The van der Waals surface area contributed by atoms with Gasteiger partial charge in [0.05, 0.1) is 13.9 Å². The van der Waals surface area contributed by atoms with Gasteiger partial charge in [0.2, 0.25) is 0 Å². The lowest BCUT2D eigenvalue weighted by molar-refractivity contribution is 0.476. The predicted molar refractivity (Wildman–Crippen MR) is 73.8 cm³/mol. The van der Waals surface area contributed by atoms with Crippen molar-refractivity contribution in [3.8, 4) is 17.1 Å². The van der Waals surface area contributed by atoms with Crippen LogP contribution in [-0.4, -0.2) is 15.1 Å². The van der Waals surface area contributed by atoms with E-state index in [0.717, 1.165) is 22.4 Å². The van der Waals surface area contributed by atoms with Crippen molar-refractivity contribution in [3.63, 3.8) is 0 Å². The molecule has 2 heterocycles. The van der Waals surface area contributed by atoms with Crippen LogP contribution in [0.3, 0.4) is 0 Å². The smallest absolute Gasteiger partial charge is 0.139 e. The molecule has 3 aromatic rings. The van der Waals surface area contributed by atoms with Gasteiger partial charge in [-0.3, -0.25) is 0 Å². The zero-order valence-electron chi connectivity index (χ0n) is 8.07. The minimum absolute atomic E-state index is 0.252. The van der Waals surface area contributed by atoms with Gasteiger partial charge in [0.25, 0.3) is 0 Å². The normalized spacial score (nSPS) is 11.1. The van der Waals surface area contributed by atoms with Crippen LogP contribution in [0.5, 0.6) is 5.75 Å². The third-order valence-corrected chi connectivity index (χ3v) is 4.10. The molecular formula is C11H7IN2OS. The van der Waals surface area contributed by atoms with Gasteiger partial charge in [-0.2, -0.15) is 0 Å². The zero-order chi connectivity index (χ0) is 11.1. The van der Waals surface area contributed by atoms with Crippen LogP contribution < -0.4 is 0 Å². The molecule has 1 aromatic carbocycles. The fraction of sp³-hybridized carbons (Fsp3) is 0. The number of aromatic amines is 1. The summed E-state index contributed by atoms with van der Waals surface area (Å²) in [5.74, 6) is 1.10. The van der Waals surface area contributed by atoms with Gasteiger partial charge in [0, 0.05) is 17.0 Å². The van der Waals surface area contributed by atoms with Crippen molar-refractivity contribution in [2.75, 3.05) is 0 Å². The Morgan fingerprint density at radius 1 is 1.31 bits per heavy atom. The standard InChI is InChI=1S/C11H7IN2OS/c12-10-3-6(5-16-10)11-13-8-2-1-7(15)4-9(8)14-11/h1-5,15H,(H,13,14). The molecule has 2 N–H and O–H groups in total. The monoisotopic (exact) mass is 342 g/mol. The lowest BCUT2D eigenvalue weighted by Crippen LogP contribution is -1.74. The number of fused-ring (bicyclic) bond motifs is 1. The fourth-order valence-corrected chi connectivity index (χ4v) is 2.90. The summed E-state index contributed by atoms with van der Waals surface area (Å²) in [7, 11) is 0. The number of thiophene rings is 1. The molecule has 0 aliphatic rings. The third kappa shape index (κ3) is 1.69. The average molecular weight is 342 g/mol. The van der Waals surface area contributed by atoms with Crippen LogP contribution in [0.2, 0.25) is 0 Å². The second-order valence-corrected chi connectivity index (χ2v) is 6.23. The first-order chi connectivity index (χ1) is 7.72. The number of benzene rings is 1. The van der Waals surface area contributed by atoms with E-state index in [1.165, 1.54) is 2.88 Å². The topological polar surface area (TPSA) is 48.9 Å². The molecule has 80 valence electrons. The van der Waals surface area contributed by atoms with E-state index in [-0.39, 0.29) is 5.75 Å². The summed E-state index contributed by atoms with van der Waals surface area (Å²) in [4.78, 5) is 7.67. The number of rotatable bonds is 1. The molecule has 5 heteroatoms. The SMILES string of the molecule is Oc1ccc2nc(-c3csc(I)c3)[nH]c2c1. The molecule has 16 heavy (non-hydrogen) atoms. The number of aromatic nitrogens is 2. The van der Waals surface area contributed by atoms with Crippen LogP contribution in [0.4, 0.5) is 0 Å². The summed E-state index contributed by atoms with van der Waals surface area (Å²) in [6.07, 6.45) is 0. The maximum Gasteiger partial charge on any atom is 0.139 e. The summed E-state index contributed by atoms with van der Waals surface area (Å²) < 4.78 is 1.23. The van der Waals surface area contributed by atoms with Crippen molar-refractivity contribution in [1.82, 2.24) is 9.97 Å². The van der Waals surface area contributed by atoms with Gasteiger partial charge in [0.1, 0.15) is 11.6 Å². The first-order valence-corrected chi connectivity index (χ1v) is 6.61. The number of phenolic OH excluding ortho intramolecular Hbond substituents is 1. The molecule has 0 aliphatic carbocycles. The molecule has 0 fully saturated rings. The summed E-state index contributed by atoms with van der Waals surface area (Å²) in [5.41, 5.74) is 2.82. The first-order valence-electron chi connectivity index (χ1n) is 4.65. The van der Waals surface area contributed by atoms with Gasteiger partial charge >= 0.3 is 0 Å². The van der Waals surface area contributed by atoms with Gasteiger partial charge in [-0.25, -0.2) is 4.98 Å². The van der Waals surface area contributed by atoms with Gasteiger partial charge in [-0.05, 0) is 40.8 Å². The number of nitrogens with zero attached hydrogens (tertiary/aromatic N) is 1. The Morgan fingerprint density at radius 3 is 2.94 bits per heavy atom. The molecule has 0 aliphatic heterocycles. The molecule has 0 spiro atoms. The van der Waals surface area contributed by atoms with Crippen LogP contribution in [0, 0.1) is 2.88 Å². The van der Waals surface area contributed by atoms with Crippen LogP contribution >= 0.6 is 33.9 Å². The largest absolute Gasteiger partial charge is 0.508 e. The highest BCUT2D eigenvalue weighted by atomic mass is 127. The second kappa shape index (κ2) is 3.74. The van der Waals surface area contributed by atoms with E-state index >= 15 is 0 Å². The highest BCUT2D eigenvalue weighted by molar-refractivity contribution is 14.1. The molecule has 0 amide bonds. The van der Waals surface area contributed by atoms with E-state index in [2.05, 4.69) is 44.0 Å². The molecular weight excluding hydrogens is 335 g/mol. The Labute approximate surface area is 109 Å². The lowest BCUT2D eigenvalue weighted by Gasteiger charge is -1.88. The van der Waals surface area contributed by atoms with Gasteiger partial charge in [-0.15, -0.1) is 11.3 Å². The summed E-state index contributed by atoms with van der Waals surface area (Å²) in [5, 5.41) is 11.4. The molecule has 3 rings (SSSR count). The Morgan fingerprint density at radius 2 is 2.19 bits per heavy atom. The number of imidazole rings is 1. The minimum Gasteiger partial charge on any atom is -0.508 e. The second-order valence-electron chi connectivity index (χ2n) is 3.43. The number of hydrogen-bond acceptors (Lipinski definition) is 3. The predicted octanol–water partition coefficient (Wildman–Crippen LogP) is 3.60. The van der Waals surface area contributed by atoms with E-state index in [9.17, 15) is 5.11 Å². The molecule has 0 bridgehead atoms. The number of nitrogens with one attached hydrogen (secondary N) is 1. The minimum atomic E-state index is 0.252. The number of H-pyrrole nitrogens is 1. The zero-order valence-corrected chi connectivity index (χ0v) is 11.0. The van der Waals surface area contributed by atoms with E-state index in [0.29, 0.717) is 0 Å². The van der Waals surface area contributed by atoms with Crippen LogP contribution in [0.1, 0.15) is 0 Å². The van der Waals surface area contributed by atoms with Gasteiger partial charge in [0.15, 0.2) is 0 Å². The number of phenols is 1. The van der Waals surface area contributed by atoms with Crippen molar-refractivity contribution < 1.29 is 5.11 Å². The maximum atomic E-state index is 9.37. The molecule has 3 nitrogen and oxygen atoms in total. The lowest BCUT2D eigenvalue weighted by atomic mass is 10.3. The van der Waals surface area contributed by atoms with Crippen molar-refractivity contribution >= 4 is 45.0 Å². The maximum absolute atomic E-state index is 9.37. The Kier molecular flexibility index (Phi) is 2.36.